The van der Waals surface area contributed by atoms with Crippen molar-refractivity contribution in [2.45, 2.75) is 0 Å². The first-order valence-electron chi connectivity index (χ1n) is 15.1. The summed E-state index contributed by atoms with van der Waals surface area (Å²) < 4.78 is 2.38. The van der Waals surface area contributed by atoms with Gasteiger partial charge < -0.3 is 43.8 Å². The molecule has 0 N–H and O–H groups in total. The summed E-state index contributed by atoms with van der Waals surface area (Å²) in [5, 5.41) is 12.9. The quantitative estimate of drug-likeness (QED) is 0.302. The number of hydrogen-bond acceptors (Lipinski definition) is 9. The van der Waals surface area contributed by atoms with Gasteiger partial charge in [-0.15, -0.1) is 0 Å². The molecule has 0 saturated carbocycles. The van der Waals surface area contributed by atoms with Crippen molar-refractivity contribution in [3.63, 3.8) is 0 Å². The zero-order valence-electron chi connectivity index (χ0n) is 26.0. The van der Waals surface area contributed by atoms with Gasteiger partial charge in [-0.1, -0.05) is 12.1 Å². The molecular formula is C35H36N10. The van der Waals surface area contributed by atoms with E-state index < -0.39 is 0 Å². The van der Waals surface area contributed by atoms with Crippen molar-refractivity contribution in [2.75, 3.05) is 74.5 Å². The zero-order valence-corrected chi connectivity index (χ0v) is 26.0. The Labute approximate surface area is 263 Å². The summed E-state index contributed by atoms with van der Waals surface area (Å²) in [5.41, 5.74) is 7.99. The van der Waals surface area contributed by atoms with E-state index in [-0.39, 0.29) is 0 Å². The lowest BCUT2D eigenvalue weighted by Crippen LogP contribution is -2.25. The van der Waals surface area contributed by atoms with E-state index in [1.54, 1.807) is 0 Å². The van der Waals surface area contributed by atoms with Crippen LogP contribution in [0.2, 0.25) is 0 Å². The molecule has 10 nitrogen and oxygen atoms in total. The third kappa shape index (κ3) is 4.47. The molecule has 4 aliphatic rings. The maximum atomic E-state index is 10.6. The summed E-state index contributed by atoms with van der Waals surface area (Å²) in [6.45, 7) is 2.97. The molecule has 0 unspecified atom stereocenters. The van der Waals surface area contributed by atoms with Crippen LogP contribution in [0.1, 0.15) is 5.56 Å². The molecule has 45 heavy (non-hydrogen) atoms. The molecule has 0 fully saturated rings. The van der Waals surface area contributed by atoms with Crippen molar-refractivity contribution in [2.24, 2.45) is 0 Å². The van der Waals surface area contributed by atoms with Crippen molar-refractivity contribution >= 4 is 44.6 Å². The fraction of sp³-hybridized carbons (Fsp3) is 0.229. The highest BCUT2D eigenvalue weighted by Gasteiger charge is 2.25. The smallest absolute Gasteiger partial charge is 0.104 e. The van der Waals surface area contributed by atoms with Gasteiger partial charge in [-0.2, -0.15) is 5.26 Å². The molecule has 0 atom stereocenters. The van der Waals surface area contributed by atoms with Crippen LogP contribution in [0.5, 0.6) is 0 Å². The Hall–Kier alpha value is -5.69. The molecule has 0 radical (unpaired) electrons. The van der Waals surface area contributed by atoms with Gasteiger partial charge in [0.25, 0.3) is 0 Å². The lowest BCUT2D eigenvalue weighted by atomic mass is 10.1. The maximum Gasteiger partial charge on any atom is 0.104 e. The minimum atomic E-state index is 0.663. The fourth-order valence-electron chi connectivity index (χ4n) is 6.69. The highest BCUT2D eigenvalue weighted by molar-refractivity contribution is 6.11. The Morgan fingerprint density at radius 2 is 0.889 bits per heavy atom. The third-order valence-corrected chi connectivity index (χ3v) is 8.97. The van der Waals surface area contributed by atoms with Crippen LogP contribution in [0.3, 0.4) is 0 Å². The van der Waals surface area contributed by atoms with E-state index in [9.17, 15) is 5.26 Å². The van der Waals surface area contributed by atoms with Crippen molar-refractivity contribution in [1.29, 1.82) is 5.26 Å². The van der Waals surface area contributed by atoms with Gasteiger partial charge in [0.1, 0.15) is 6.07 Å². The van der Waals surface area contributed by atoms with Gasteiger partial charge in [-0.3, -0.25) is 0 Å². The number of fused-ring (bicyclic) bond motifs is 3. The molecular weight excluding hydrogens is 560 g/mol. The van der Waals surface area contributed by atoms with E-state index in [1.807, 2.05) is 0 Å². The van der Waals surface area contributed by atoms with Crippen LogP contribution >= 0.6 is 0 Å². The molecule has 5 heterocycles. The standard InChI is InChI=1S/C35H36N10/c1-37-9-13-41(22-37)26-5-7-29-30-8-6-27(42-14-10-38(2)23-42)18-35(30)45(34(29)17-26)28-19-32(43-15-11-39(3)24-43)31(21-36)33(20-28)44-16-12-40(4)25-44/h5-20H,22-25H2,1-4H3. The van der Waals surface area contributed by atoms with E-state index in [4.69, 9.17) is 0 Å². The first kappa shape index (κ1) is 26.9. The highest BCUT2D eigenvalue weighted by atomic mass is 15.4. The number of benzene rings is 3. The summed E-state index contributed by atoms with van der Waals surface area (Å²) in [7, 11) is 8.28. The summed E-state index contributed by atoms with van der Waals surface area (Å²) in [4.78, 5) is 17.4. The van der Waals surface area contributed by atoms with Crippen LogP contribution in [0, 0.1) is 11.3 Å². The second kappa shape index (κ2) is 10.2. The molecule has 226 valence electrons. The summed E-state index contributed by atoms with van der Waals surface area (Å²) in [5.74, 6) is 0. The SMILES string of the molecule is CN1C=CN(c2ccc3c4ccc(N5C=CN(C)C5)cc4n(-c4cc(N5C=CN(C)C5)c(C#N)c(N5C=CN(C)C5)c4)c3c2)C1. The van der Waals surface area contributed by atoms with Gasteiger partial charge in [0.05, 0.1) is 60.3 Å². The second-order valence-corrected chi connectivity index (χ2v) is 12.4. The number of nitrogens with zero attached hydrogens (tertiary/aromatic N) is 10. The molecule has 8 rings (SSSR count). The summed E-state index contributed by atoms with van der Waals surface area (Å²) in [6.07, 6.45) is 16.7. The Kier molecular flexibility index (Phi) is 6.10. The average Bonchev–Trinajstić information content (AvgIpc) is 3.88. The van der Waals surface area contributed by atoms with E-state index >= 15 is 0 Å². The monoisotopic (exact) mass is 596 g/mol. The molecule has 0 saturated heterocycles. The topological polar surface area (TPSA) is 54.6 Å². The van der Waals surface area contributed by atoms with Gasteiger partial charge >= 0.3 is 0 Å². The first-order chi connectivity index (χ1) is 21.9. The van der Waals surface area contributed by atoms with Gasteiger partial charge in [-0.05, 0) is 36.4 Å². The molecule has 4 aromatic rings. The zero-order chi connectivity index (χ0) is 30.8. The Morgan fingerprint density at radius 1 is 0.489 bits per heavy atom. The maximum absolute atomic E-state index is 10.6. The van der Waals surface area contributed by atoms with Crippen LogP contribution in [-0.4, -0.2) is 79.0 Å². The molecule has 0 aliphatic carbocycles. The second-order valence-electron chi connectivity index (χ2n) is 12.4. The predicted octanol–water partition coefficient (Wildman–Crippen LogP) is 5.38. The van der Waals surface area contributed by atoms with Gasteiger partial charge in [0.15, 0.2) is 0 Å². The molecule has 0 amide bonds. The number of anilines is 4. The third-order valence-electron chi connectivity index (χ3n) is 8.97. The van der Waals surface area contributed by atoms with Crippen LogP contribution in [0.15, 0.2) is 98.1 Å². The number of nitriles is 1. The van der Waals surface area contributed by atoms with E-state index in [1.165, 1.54) is 10.8 Å². The van der Waals surface area contributed by atoms with E-state index in [0.29, 0.717) is 18.9 Å². The Balaban J connectivity index is 1.40. The first-order valence-corrected chi connectivity index (χ1v) is 15.1. The Morgan fingerprint density at radius 3 is 1.24 bits per heavy atom. The molecule has 3 aromatic carbocycles. The van der Waals surface area contributed by atoms with Crippen molar-refractivity contribution in [1.82, 2.24) is 24.2 Å². The number of rotatable bonds is 5. The van der Waals surface area contributed by atoms with E-state index in [0.717, 1.165) is 52.8 Å². The van der Waals surface area contributed by atoms with Crippen LogP contribution in [0.4, 0.5) is 22.7 Å². The molecule has 1 aromatic heterocycles. The van der Waals surface area contributed by atoms with Crippen LogP contribution in [0.25, 0.3) is 27.5 Å². The molecule has 10 heteroatoms. The lowest BCUT2D eigenvalue weighted by molar-refractivity contribution is 0.494. The largest absolute Gasteiger partial charge is 0.361 e. The van der Waals surface area contributed by atoms with Gasteiger partial charge in [0, 0.05) is 99.9 Å². The van der Waals surface area contributed by atoms with Crippen molar-refractivity contribution in [3.05, 3.63) is 104 Å². The minimum Gasteiger partial charge on any atom is -0.361 e. The van der Waals surface area contributed by atoms with E-state index in [2.05, 4.69) is 176 Å². The predicted molar refractivity (Wildman–Crippen MR) is 182 cm³/mol. The van der Waals surface area contributed by atoms with Gasteiger partial charge in [-0.25, -0.2) is 0 Å². The minimum absolute atomic E-state index is 0.663. The molecule has 0 bridgehead atoms. The Bertz CT molecular complexity index is 1860. The number of aromatic nitrogens is 1. The lowest BCUT2D eigenvalue weighted by Gasteiger charge is -2.26. The normalized spacial score (nSPS) is 17.6. The summed E-state index contributed by atoms with van der Waals surface area (Å²) in [6, 6.07) is 20.5. The summed E-state index contributed by atoms with van der Waals surface area (Å²) >= 11 is 0. The number of hydrogen-bond donors (Lipinski definition) is 0. The van der Waals surface area contributed by atoms with Crippen molar-refractivity contribution in [3.8, 4) is 11.8 Å². The van der Waals surface area contributed by atoms with Crippen molar-refractivity contribution < 1.29 is 0 Å². The fourth-order valence-corrected chi connectivity index (χ4v) is 6.69. The highest BCUT2D eigenvalue weighted by Crippen LogP contribution is 2.41. The average molecular weight is 597 g/mol. The van der Waals surface area contributed by atoms with Gasteiger partial charge in [0.2, 0.25) is 0 Å². The van der Waals surface area contributed by atoms with Crippen LogP contribution < -0.4 is 19.6 Å². The molecule has 4 aliphatic heterocycles. The molecule has 0 spiro atoms. The van der Waals surface area contributed by atoms with Crippen LogP contribution in [-0.2, 0) is 0 Å².